The maximum absolute atomic E-state index is 13.7. The summed E-state index contributed by atoms with van der Waals surface area (Å²) in [6.45, 7) is 0. The summed E-state index contributed by atoms with van der Waals surface area (Å²) in [6.07, 6.45) is 6.41. The zero-order chi connectivity index (χ0) is 7.90. The molecule has 1 atom stereocenters. The van der Waals surface area contributed by atoms with E-state index in [0.29, 0.717) is 0 Å². The lowest BCUT2D eigenvalue weighted by Gasteiger charge is -2.23. The number of halogens is 2. The molecular weight excluding hydrogens is 146 g/mol. The van der Waals surface area contributed by atoms with Crippen molar-refractivity contribution in [3.05, 3.63) is 24.1 Å². The Hall–Kier alpha value is -0.660. The molecule has 1 unspecified atom stereocenters. The topological polar surface area (TPSA) is 0 Å². The molecule has 0 amide bonds. The maximum atomic E-state index is 13.7. The normalized spacial score (nSPS) is 37.1. The number of rotatable bonds is 1. The van der Waals surface area contributed by atoms with Gasteiger partial charge in [-0.15, -0.1) is 0 Å². The van der Waals surface area contributed by atoms with E-state index in [-0.39, 0.29) is 12.3 Å². The highest BCUT2D eigenvalue weighted by Gasteiger charge is 2.49. The Bertz CT molecular complexity index is 226. The van der Waals surface area contributed by atoms with E-state index in [0.717, 1.165) is 12.8 Å². The summed E-state index contributed by atoms with van der Waals surface area (Å²) >= 11 is 0. The van der Waals surface area contributed by atoms with Crippen molar-refractivity contribution in [3.63, 3.8) is 0 Å². The molecule has 0 radical (unpaired) electrons. The van der Waals surface area contributed by atoms with E-state index in [4.69, 9.17) is 0 Å². The third kappa shape index (κ3) is 1.01. The Kier molecular flexibility index (Phi) is 1.38. The molecule has 60 valence electrons. The number of alkyl halides is 1. The molecular formula is C9H10F2. The first-order valence-corrected chi connectivity index (χ1v) is 3.95. The highest BCUT2D eigenvalue weighted by molar-refractivity contribution is 5.26. The highest BCUT2D eigenvalue weighted by atomic mass is 19.2. The van der Waals surface area contributed by atoms with Crippen molar-refractivity contribution in [1.29, 1.82) is 0 Å². The van der Waals surface area contributed by atoms with Crippen LogP contribution in [0.5, 0.6) is 0 Å². The Morgan fingerprint density at radius 3 is 2.73 bits per heavy atom. The fraction of sp³-hybridized carbons (Fsp3) is 0.556. The van der Waals surface area contributed by atoms with Gasteiger partial charge in [0.05, 0.1) is 0 Å². The van der Waals surface area contributed by atoms with Gasteiger partial charge >= 0.3 is 0 Å². The molecule has 0 N–H and O–H groups in total. The first-order valence-electron chi connectivity index (χ1n) is 3.95. The van der Waals surface area contributed by atoms with Gasteiger partial charge in [0.25, 0.3) is 0 Å². The first kappa shape index (κ1) is 7.01. The molecule has 2 rings (SSSR count). The van der Waals surface area contributed by atoms with Crippen LogP contribution in [0, 0.1) is 5.92 Å². The molecule has 1 fully saturated rings. The SMILES string of the molecule is FC1=CC=CCC1(F)C1CC1. The van der Waals surface area contributed by atoms with Crippen molar-refractivity contribution in [2.45, 2.75) is 24.9 Å². The smallest absolute Gasteiger partial charge is 0.168 e. The second-order valence-corrected chi connectivity index (χ2v) is 3.28. The Morgan fingerprint density at radius 2 is 2.18 bits per heavy atom. The van der Waals surface area contributed by atoms with Crippen LogP contribution in [0.3, 0.4) is 0 Å². The van der Waals surface area contributed by atoms with E-state index in [2.05, 4.69) is 0 Å². The lowest BCUT2D eigenvalue weighted by molar-refractivity contribution is 0.146. The standard InChI is InChI=1S/C9H10F2/c10-8-3-1-2-6-9(8,11)7-4-5-7/h1-3,7H,4-6H2. The van der Waals surface area contributed by atoms with Crippen LogP contribution in [0.2, 0.25) is 0 Å². The average Bonchev–Trinajstić information content (AvgIpc) is 2.77. The van der Waals surface area contributed by atoms with Crippen LogP contribution in [-0.2, 0) is 0 Å². The molecule has 0 heterocycles. The second-order valence-electron chi connectivity index (χ2n) is 3.28. The van der Waals surface area contributed by atoms with Gasteiger partial charge in [0.2, 0.25) is 0 Å². The Balaban J connectivity index is 2.24. The number of hydrogen-bond acceptors (Lipinski definition) is 0. The summed E-state index contributed by atoms with van der Waals surface area (Å²) in [5.41, 5.74) is -1.64. The molecule has 0 aromatic rings. The van der Waals surface area contributed by atoms with Crippen molar-refractivity contribution in [2.75, 3.05) is 0 Å². The van der Waals surface area contributed by atoms with E-state index in [1.807, 2.05) is 0 Å². The fourth-order valence-corrected chi connectivity index (χ4v) is 1.53. The molecule has 1 saturated carbocycles. The molecule has 0 aliphatic heterocycles. The lowest BCUT2D eigenvalue weighted by Crippen LogP contribution is -2.27. The maximum Gasteiger partial charge on any atom is 0.168 e. The van der Waals surface area contributed by atoms with Crippen molar-refractivity contribution in [1.82, 2.24) is 0 Å². The molecule has 2 aliphatic carbocycles. The third-order valence-corrected chi connectivity index (χ3v) is 2.42. The summed E-state index contributed by atoms with van der Waals surface area (Å²) in [4.78, 5) is 0. The molecule has 2 heteroatoms. The molecule has 0 aromatic heterocycles. The average molecular weight is 156 g/mol. The van der Waals surface area contributed by atoms with Crippen molar-refractivity contribution in [3.8, 4) is 0 Å². The van der Waals surface area contributed by atoms with Gasteiger partial charge in [-0.25, -0.2) is 8.78 Å². The predicted molar refractivity (Wildman–Crippen MR) is 39.5 cm³/mol. The van der Waals surface area contributed by atoms with E-state index in [1.54, 1.807) is 12.2 Å². The quantitative estimate of drug-likeness (QED) is 0.547. The van der Waals surface area contributed by atoms with Crippen molar-refractivity contribution < 1.29 is 8.78 Å². The number of hydrogen-bond donors (Lipinski definition) is 0. The third-order valence-electron chi connectivity index (χ3n) is 2.42. The van der Waals surface area contributed by atoms with Crippen LogP contribution in [0.15, 0.2) is 24.1 Å². The summed E-state index contributed by atoms with van der Waals surface area (Å²) in [6, 6.07) is 0. The minimum atomic E-state index is -1.64. The van der Waals surface area contributed by atoms with E-state index in [9.17, 15) is 8.78 Å². The predicted octanol–water partition coefficient (Wildman–Crippen LogP) is 2.92. The zero-order valence-corrected chi connectivity index (χ0v) is 6.19. The minimum Gasteiger partial charge on any atom is -0.235 e. The minimum absolute atomic E-state index is 0.0521. The summed E-state index contributed by atoms with van der Waals surface area (Å²) in [5.74, 6) is -0.633. The van der Waals surface area contributed by atoms with Crippen molar-refractivity contribution in [2.24, 2.45) is 5.92 Å². The van der Waals surface area contributed by atoms with Gasteiger partial charge in [-0.05, 0) is 24.8 Å². The highest BCUT2D eigenvalue weighted by Crippen LogP contribution is 2.49. The van der Waals surface area contributed by atoms with E-state index in [1.165, 1.54) is 6.08 Å². The molecule has 2 aliphatic rings. The van der Waals surface area contributed by atoms with Gasteiger partial charge in [0, 0.05) is 6.42 Å². The van der Waals surface area contributed by atoms with Gasteiger partial charge < -0.3 is 0 Å². The fourth-order valence-electron chi connectivity index (χ4n) is 1.53. The largest absolute Gasteiger partial charge is 0.235 e. The van der Waals surface area contributed by atoms with Crippen LogP contribution in [0.4, 0.5) is 8.78 Å². The molecule has 0 aromatic carbocycles. The monoisotopic (exact) mass is 156 g/mol. The van der Waals surface area contributed by atoms with Gasteiger partial charge in [-0.1, -0.05) is 12.2 Å². The summed E-state index contributed by atoms with van der Waals surface area (Å²) in [5, 5.41) is 0. The molecule has 0 spiro atoms. The molecule has 11 heavy (non-hydrogen) atoms. The lowest BCUT2D eigenvalue weighted by atomic mass is 9.91. The van der Waals surface area contributed by atoms with Gasteiger partial charge in [-0.2, -0.15) is 0 Å². The van der Waals surface area contributed by atoms with Crippen molar-refractivity contribution >= 4 is 0 Å². The van der Waals surface area contributed by atoms with Crippen LogP contribution < -0.4 is 0 Å². The van der Waals surface area contributed by atoms with Crippen LogP contribution in [0.25, 0.3) is 0 Å². The molecule has 0 bridgehead atoms. The first-order chi connectivity index (χ1) is 5.23. The Morgan fingerprint density at radius 1 is 1.45 bits per heavy atom. The van der Waals surface area contributed by atoms with Gasteiger partial charge in [-0.3, -0.25) is 0 Å². The van der Waals surface area contributed by atoms with Crippen LogP contribution in [-0.4, -0.2) is 5.67 Å². The summed E-state index contributed by atoms with van der Waals surface area (Å²) in [7, 11) is 0. The zero-order valence-electron chi connectivity index (χ0n) is 6.19. The van der Waals surface area contributed by atoms with E-state index < -0.39 is 11.5 Å². The Labute approximate surface area is 64.6 Å². The molecule has 0 saturated heterocycles. The summed E-state index contributed by atoms with van der Waals surface area (Å²) < 4.78 is 26.6. The van der Waals surface area contributed by atoms with Gasteiger partial charge in [0.1, 0.15) is 5.83 Å². The second kappa shape index (κ2) is 2.16. The van der Waals surface area contributed by atoms with Crippen LogP contribution >= 0.6 is 0 Å². The van der Waals surface area contributed by atoms with E-state index >= 15 is 0 Å². The van der Waals surface area contributed by atoms with Crippen LogP contribution in [0.1, 0.15) is 19.3 Å². The number of allylic oxidation sites excluding steroid dienone is 4. The molecule has 0 nitrogen and oxygen atoms in total. The van der Waals surface area contributed by atoms with Gasteiger partial charge in [0.15, 0.2) is 5.67 Å².